The number of rotatable bonds is 6. The quantitative estimate of drug-likeness (QED) is 0.548. The molecule has 1 N–H and O–H groups in total. The average molecular weight is 406 g/mol. The van der Waals surface area contributed by atoms with Crippen LogP contribution in [0.15, 0.2) is 35.7 Å². The van der Waals surface area contributed by atoms with E-state index in [4.69, 9.17) is 4.74 Å². The van der Waals surface area contributed by atoms with Crippen LogP contribution in [0, 0.1) is 6.92 Å². The summed E-state index contributed by atoms with van der Waals surface area (Å²) in [5.74, 6) is -0.344. The van der Waals surface area contributed by atoms with Crippen molar-refractivity contribution in [2.24, 2.45) is 0 Å². The molecule has 1 saturated heterocycles. The van der Waals surface area contributed by atoms with E-state index >= 15 is 0 Å². The molecule has 2 aromatic rings. The number of carbonyl (C=O) groups is 2. The molecule has 0 bridgehead atoms. The van der Waals surface area contributed by atoms with Crippen LogP contribution in [0.1, 0.15) is 40.1 Å². The number of nitrogens with one attached hydrogen (secondary N) is 1. The predicted molar refractivity (Wildman–Crippen MR) is 116 cm³/mol. The van der Waals surface area contributed by atoms with Crippen molar-refractivity contribution < 1.29 is 14.3 Å². The summed E-state index contributed by atoms with van der Waals surface area (Å²) in [6.45, 7) is 1.91. The molecule has 0 atom stereocenters. The van der Waals surface area contributed by atoms with Gasteiger partial charge in [-0.1, -0.05) is 0 Å². The third-order valence-electron chi connectivity index (χ3n) is 5.48. The zero-order chi connectivity index (χ0) is 19.3. The number of carbonyl (C=O) groups excluding carboxylic acids is 2. The van der Waals surface area contributed by atoms with E-state index in [2.05, 4.69) is 29.6 Å². The number of methoxy groups -OCH3 is 1. The number of ether oxygens (including phenoxy) is 1. The number of hydrogen-bond donors (Lipinski definition) is 1. The van der Waals surface area contributed by atoms with Crippen molar-refractivity contribution >= 4 is 36.2 Å². The molecule has 0 unspecified atom stereocenters. The Morgan fingerprint density at radius 1 is 1.15 bits per heavy atom. The molecule has 0 spiro atoms. The third kappa shape index (κ3) is 4.97. The molecule has 0 radical (unpaired) electrons. The molecule has 0 saturated carbocycles. The van der Waals surface area contributed by atoms with Crippen molar-refractivity contribution in [3.05, 3.63) is 51.7 Å². The van der Waals surface area contributed by atoms with Crippen molar-refractivity contribution in [3.63, 3.8) is 0 Å². The molecular weight excluding hydrogens is 377 g/mol. The van der Waals surface area contributed by atoms with E-state index in [0.717, 1.165) is 11.7 Å². The van der Waals surface area contributed by atoms with E-state index < -0.39 is 13.2 Å². The van der Waals surface area contributed by atoms with Crippen molar-refractivity contribution in [1.29, 1.82) is 0 Å². The summed E-state index contributed by atoms with van der Waals surface area (Å²) in [7, 11) is -0.347. The zero-order valence-corrected chi connectivity index (χ0v) is 17.9. The molecule has 1 amide bonds. The van der Waals surface area contributed by atoms with E-state index in [0.29, 0.717) is 16.7 Å². The Hall–Kier alpha value is -1.71. The van der Waals surface area contributed by atoms with E-state index in [1.165, 1.54) is 55.6 Å². The molecule has 146 valence electrons. The maximum atomic E-state index is 13.0. The molecule has 1 aromatic carbocycles. The fraction of sp³-hybridized carbons (Fsp3) is 0.429. The summed E-state index contributed by atoms with van der Waals surface area (Å²) in [5, 5.41) is 4.93. The van der Waals surface area contributed by atoms with Crippen molar-refractivity contribution in [2.45, 2.75) is 32.3 Å². The zero-order valence-electron chi connectivity index (χ0n) is 16.0. The van der Waals surface area contributed by atoms with Crippen LogP contribution in [-0.4, -0.2) is 37.5 Å². The Morgan fingerprint density at radius 3 is 2.52 bits per heavy atom. The second kappa shape index (κ2) is 8.99. The van der Waals surface area contributed by atoms with Crippen LogP contribution >= 0.6 is 18.6 Å². The van der Waals surface area contributed by atoms with Crippen molar-refractivity contribution in [1.82, 2.24) is 0 Å². The van der Waals surface area contributed by atoms with Crippen LogP contribution in [0.4, 0.5) is 5.69 Å². The van der Waals surface area contributed by atoms with E-state index in [-0.39, 0.29) is 5.91 Å². The van der Waals surface area contributed by atoms with Gasteiger partial charge in [0, 0.05) is 0 Å². The molecule has 1 fully saturated rings. The number of aryl methyl sites for hydroxylation is 1. The summed E-state index contributed by atoms with van der Waals surface area (Å²) in [6.07, 6.45) is 7.85. The first-order chi connectivity index (χ1) is 13.0. The SMILES string of the molecule is COC(=O)c1scc(C)c1NC(=O)C[PH]1(Cc2ccccc2)CCCCC1. The Balaban J connectivity index is 1.76. The van der Waals surface area contributed by atoms with Gasteiger partial charge in [0.1, 0.15) is 0 Å². The summed E-state index contributed by atoms with van der Waals surface area (Å²) in [6, 6.07) is 10.6. The molecule has 1 aliphatic rings. The molecular formula is C21H28NO3PS. The summed E-state index contributed by atoms with van der Waals surface area (Å²) in [5.41, 5.74) is 2.88. The Morgan fingerprint density at radius 2 is 1.85 bits per heavy atom. The van der Waals surface area contributed by atoms with Gasteiger partial charge in [-0.2, -0.15) is 0 Å². The first-order valence-corrected chi connectivity index (χ1v) is 13.2. The van der Waals surface area contributed by atoms with Gasteiger partial charge in [-0.25, -0.2) is 0 Å². The fourth-order valence-corrected chi connectivity index (χ4v) is 9.99. The minimum atomic E-state index is -1.72. The van der Waals surface area contributed by atoms with Crippen LogP contribution in [0.5, 0.6) is 0 Å². The Bertz CT molecular complexity index is 797. The first-order valence-electron chi connectivity index (χ1n) is 9.53. The summed E-state index contributed by atoms with van der Waals surface area (Å²) in [4.78, 5) is 25.4. The normalized spacial score (nSPS) is 17.1. The monoisotopic (exact) mass is 405 g/mol. The van der Waals surface area contributed by atoms with Gasteiger partial charge in [-0.05, 0) is 0 Å². The van der Waals surface area contributed by atoms with Crippen molar-refractivity contribution in [2.75, 3.05) is 30.9 Å². The first kappa shape index (κ1) is 20.0. The van der Waals surface area contributed by atoms with Crippen LogP contribution < -0.4 is 5.32 Å². The van der Waals surface area contributed by atoms with Crippen LogP contribution in [-0.2, 0) is 15.7 Å². The van der Waals surface area contributed by atoms with Crippen LogP contribution in [0.3, 0.4) is 0 Å². The standard InChI is InChI=1S/C21H28NO3PS/c1-16-15-27-20(21(24)25-2)19(16)22-18(23)14-26(11-7-4-8-12-26)13-17-9-5-3-6-10-17/h3,5-6,9-10,15,26H,4,7-8,11-14H2,1-2H3,(H,22,23). The number of amides is 1. The molecule has 0 aliphatic carbocycles. The van der Waals surface area contributed by atoms with Crippen LogP contribution in [0.25, 0.3) is 0 Å². The van der Waals surface area contributed by atoms with Gasteiger partial charge in [-0.3, -0.25) is 0 Å². The summed E-state index contributed by atoms with van der Waals surface area (Å²) >= 11 is 1.32. The molecule has 27 heavy (non-hydrogen) atoms. The average Bonchev–Trinajstić information content (AvgIpc) is 3.03. The molecule has 2 heterocycles. The second-order valence-electron chi connectivity index (χ2n) is 7.56. The maximum absolute atomic E-state index is 13.0. The van der Waals surface area contributed by atoms with Gasteiger partial charge in [-0.15, -0.1) is 0 Å². The molecule has 4 nitrogen and oxygen atoms in total. The number of hydrogen-bond acceptors (Lipinski definition) is 4. The van der Waals surface area contributed by atoms with Gasteiger partial charge in [0.05, 0.1) is 0 Å². The van der Waals surface area contributed by atoms with Gasteiger partial charge >= 0.3 is 165 Å². The number of benzene rings is 1. The number of thiophene rings is 1. The molecule has 3 rings (SSSR count). The van der Waals surface area contributed by atoms with Crippen molar-refractivity contribution in [3.8, 4) is 0 Å². The topological polar surface area (TPSA) is 55.4 Å². The van der Waals surface area contributed by atoms with E-state index in [9.17, 15) is 9.59 Å². The van der Waals surface area contributed by atoms with E-state index in [1.807, 2.05) is 18.4 Å². The molecule has 1 aliphatic heterocycles. The van der Waals surface area contributed by atoms with Gasteiger partial charge in [0.25, 0.3) is 0 Å². The van der Waals surface area contributed by atoms with E-state index in [1.54, 1.807) is 0 Å². The predicted octanol–water partition coefficient (Wildman–Crippen LogP) is 4.92. The van der Waals surface area contributed by atoms with Gasteiger partial charge in [0.2, 0.25) is 0 Å². The number of esters is 1. The second-order valence-corrected chi connectivity index (χ2v) is 13.1. The minimum absolute atomic E-state index is 0.0474. The Labute approximate surface area is 165 Å². The molecule has 1 aromatic heterocycles. The van der Waals surface area contributed by atoms with Gasteiger partial charge in [0.15, 0.2) is 0 Å². The van der Waals surface area contributed by atoms with Crippen LogP contribution in [0.2, 0.25) is 0 Å². The third-order valence-corrected chi connectivity index (χ3v) is 11.6. The van der Waals surface area contributed by atoms with Gasteiger partial charge < -0.3 is 0 Å². The molecule has 6 heteroatoms. The number of anilines is 1. The fourth-order valence-electron chi connectivity index (χ4n) is 4.11. The Kier molecular flexibility index (Phi) is 6.67. The summed E-state index contributed by atoms with van der Waals surface area (Å²) < 4.78 is 4.85.